The normalized spacial score (nSPS) is 15.4. The van der Waals surface area contributed by atoms with Gasteiger partial charge in [-0.2, -0.15) is 0 Å². The van der Waals surface area contributed by atoms with Crippen LogP contribution in [0.1, 0.15) is 25.3 Å². The molecule has 1 aliphatic carbocycles. The van der Waals surface area contributed by atoms with Gasteiger partial charge in [0.15, 0.2) is 0 Å². The number of ether oxygens (including phenoxy) is 1. The van der Waals surface area contributed by atoms with Crippen LogP contribution >= 0.6 is 0 Å². The van der Waals surface area contributed by atoms with E-state index < -0.39 is 0 Å². The van der Waals surface area contributed by atoms with E-state index in [1.165, 1.54) is 0 Å². The predicted octanol–water partition coefficient (Wildman–Crippen LogP) is 0.611. The van der Waals surface area contributed by atoms with Gasteiger partial charge in [-0.1, -0.05) is 0 Å². The number of hydrogen-bond acceptors (Lipinski definition) is 3. The van der Waals surface area contributed by atoms with Crippen LogP contribution < -0.4 is 11.0 Å². The zero-order chi connectivity index (χ0) is 12.1. The third-order valence-electron chi connectivity index (χ3n) is 3.05. The summed E-state index contributed by atoms with van der Waals surface area (Å²) in [7, 11) is 1.70. The number of aromatic nitrogens is 2. The molecule has 0 saturated heterocycles. The fourth-order valence-corrected chi connectivity index (χ4v) is 1.90. The van der Waals surface area contributed by atoms with Crippen LogP contribution in [0.3, 0.4) is 0 Å². The molecule has 5 heteroatoms. The molecule has 96 valence electrons. The van der Waals surface area contributed by atoms with Crippen molar-refractivity contribution in [3.63, 3.8) is 0 Å². The Labute approximate surface area is 101 Å². The predicted molar refractivity (Wildman–Crippen MR) is 66.3 cm³/mol. The van der Waals surface area contributed by atoms with Gasteiger partial charge < -0.3 is 10.1 Å². The number of rotatable bonds is 8. The molecule has 1 aliphatic rings. The van der Waals surface area contributed by atoms with Crippen molar-refractivity contribution in [3.8, 4) is 0 Å². The van der Waals surface area contributed by atoms with E-state index in [1.807, 2.05) is 17.0 Å². The highest BCUT2D eigenvalue weighted by atomic mass is 16.5. The van der Waals surface area contributed by atoms with Crippen LogP contribution in [0.5, 0.6) is 0 Å². The molecular weight excluding hydrogens is 218 g/mol. The minimum atomic E-state index is 0.143. The summed E-state index contributed by atoms with van der Waals surface area (Å²) in [5.74, 6) is 0. The van der Waals surface area contributed by atoms with Crippen LogP contribution in [-0.2, 0) is 11.3 Å². The lowest BCUT2D eigenvalue weighted by molar-refractivity contribution is 0.199. The molecule has 1 aromatic heterocycles. The fourth-order valence-electron chi connectivity index (χ4n) is 1.90. The van der Waals surface area contributed by atoms with Crippen molar-refractivity contribution in [3.05, 3.63) is 22.9 Å². The number of nitrogens with one attached hydrogen (secondary N) is 1. The van der Waals surface area contributed by atoms with Crippen LogP contribution in [0.4, 0.5) is 0 Å². The Balaban J connectivity index is 1.70. The van der Waals surface area contributed by atoms with Crippen molar-refractivity contribution in [2.45, 2.75) is 31.8 Å². The lowest BCUT2D eigenvalue weighted by Crippen LogP contribution is -2.26. The van der Waals surface area contributed by atoms with E-state index in [9.17, 15) is 4.79 Å². The molecule has 2 rings (SSSR count). The lowest BCUT2D eigenvalue weighted by Gasteiger charge is -2.04. The Morgan fingerprint density at radius 3 is 2.94 bits per heavy atom. The minimum absolute atomic E-state index is 0.143. The molecule has 1 N–H and O–H groups in total. The van der Waals surface area contributed by atoms with E-state index in [0.717, 1.165) is 45.5 Å². The molecular formula is C12H21N3O2. The summed E-state index contributed by atoms with van der Waals surface area (Å²) in [5, 5.41) is 3.27. The summed E-state index contributed by atoms with van der Waals surface area (Å²) in [4.78, 5) is 11.9. The van der Waals surface area contributed by atoms with Crippen LogP contribution in [0.2, 0.25) is 0 Å². The van der Waals surface area contributed by atoms with Crippen molar-refractivity contribution in [2.75, 3.05) is 26.8 Å². The van der Waals surface area contributed by atoms with E-state index in [0.29, 0.717) is 6.04 Å². The van der Waals surface area contributed by atoms with Crippen molar-refractivity contribution in [1.29, 1.82) is 0 Å². The van der Waals surface area contributed by atoms with Gasteiger partial charge in [-0.05, 0) is 25.8 Å². The summed E-state index contributed by atoms with van der Waals surface area (Å²) in [6, 6.07) is 0.476. The fraction of sp³-hybridized carbons (Fsp3) is 0.750. The summed E-state index contributed by atoms with van der Waals surface area (Å²) in [5.41, 5.74) is 0.143. The highest BCUT2D eigenvalue weighted by molar-refractivity contribution is 4.91. The zero-order valence-electron chi connectivity index (χ0n) is 10.4. The van der Waals surface area contributed by atoms with E-state index in [-0.39, 0.29) is 5.69 Å². The topological polar surface area (TPSA) is 48.2 Å². The van der Waals surface area contributed by atoms with Crippen molar-refractivity contribution in [1.82, 2.24) is 14.5 Å². The van der Waals surface area contributed by atoms with E-state index in [2.05, 4.69) is 5.32 Å². The lowest BCUT2D eigenvalue weighted by atomic mass is 10.4. The molecule has 0 unspecified atom stereocenters. The molecule has 1 saturated carbocycles. The number of methoxy groups -OCH3 is 1. The van der Waals surface area contributed by atoms with Gasteiger partial charge in [0.05, 0.1) is 6.61 Å². The van der Waals surface area contributed by atoms with Gasteiger partial charge in [0, 0.05) is 38.6 Å². The largest absolute Gasteiger partial charge is 0.383 e. The molecule has 1 aromatic rings. The first-order valence-electron chi connectivity index (χ1n) is 6.30. The molecule has 17 heavy (non-hydrogen) atoms. The van der Waals surface area contributed by atoms with Crippen LogP contribution in [0.25, 0.3) is 0 Å². The average molecular weight is 239 g/mol. The average Bonchev–Trinajstić information content (AvgIpc) is 3.10. The Morgan fingerprint density at radius 2 is 2.24 bits per heavy atom. The molecule has 0 bridgehead atoms. The van der Waals surface area contributed by atoms with E-state index in [4.69, 9.17) is 4.74 Å². The SMILES string of the molecule is COCCNCCCn1ccn(C2CC2)c1=O. The van der Waals surface area contributed by atoms with Gasteiger partial charge in [0.2, 0.25) is 0 Å². The second-order valence-corrected chi connectivity index (χ2v) is 4.51. The van der Waals surface area contributed by atoms with Crippen molar-refractivity contribution in [2.24, 2.45) is 0 Å². The van der Waals surface area contributed by atoms with Crippen molar-refractivity contribution >= 4 is 0 Å². The highest BCUT2D eigenvalue weighted by Gasteiger charge is 2.25. The molecule has 0 radical (unpaired) electrons. The quantitative estimate of drug-likeness (QED) is 0.676. The molecule has 5 nitrogen and oxygen atoms in total. The molecule has 0 amide bonds. The number of hydrogen-bond donors (Lipinski definition) is 1. The first-order valence-corrected chi connectivity index (χ1v) is 6.30. The van der Waals surface area contributed by atoms with E-state index in [1.54, 1.807) is 11.7 Å². The zero-order valence-corrected chi connectivity index (χ0v) is 10.4. The smallest absolute Gasteiger partial charge is 0.328 e. The number of aryl methyl sites for hydroxylation is 1. The maximum absolute atomic E-state index is 11.9. The maximum Gasteiger partial charge on any atom is 0.328 e. The first kappa shape index (κ1) is 12.4. The Kier molecular flexibility index (Phi) is 4.39. The monoisotopic (exact) mass is 239 g/mol. The summed E-state index contributed by atoms with van der Waals surface area (Å²) in [6.07, 6.45) is 7.09. The molecule has 0 spiro atoms. The molecule has 0 atom stereocenters. The first-order chi connectivity index (χ1) is 8.33. The highest BCUT2D eigenvalue weighted by Crippen LogP contribution is 2.33. The minimum Gasteiger partial charge on any atom is -0.383 e. The summed E-state index contributed by atoms with van der Waals surface area (Å²) in [6.45, 7) is 3.31. The van der Waals surface area contributed by atoms with Crippen LogP contribution in [0, 0.1) is 0 Å². The van der Waals surface area contributed by atoms with Gasteiger partial charge in [-0.25, -0.2) is 4.79 Å². The maximum atomic E-state index is 11.9. The molecule has 0 aliphatic heterocycles. The Morgan fingerprint density at radius 1 is 1.41 bits per heavy atom. The van der Waals surface area contributed by atoms with Gasteiger partial charge in [-0.15, -0.1) is 0 Å². The second kappa shape index (κ2) is 6.02. The molecule has 0 aromatic carbocycles. The third-order valence-corrected chi connectivity index (χ3v) is 3.05. The molecule has 1 fully saturated rings. The van der Waals surface area contributed by atoms with Crippen LogP contribution in [-0.4, -0.2) is 35.9 Å². The second-order valence-electron chi connectivity index (χ2n) is 4.51. The van der Waals surface area contributed by atoms with Crippen LogP contribution in [0.15, 0.2) is 17.2 Å². The number of imidazole rings is 1. The Bertz CT molecular complexity index is 393. The summed E-state index contributed by atoms with van der Waals surface area (Å²) >= 11 is 0. The van der Waals surface area contributed by atoms with Gasteiger partial charge >= 0.3 is 5.69 Å². The van der Waals surface area contributed by atoms with Gasteiger partial charge in [-0.3, -0.25) is 9.13 Å². The standard InChI is InChI=1S/C12H21N3O2/c1-17-10-6-13-5-2-7-14-8-9-15(12(14)16)11-3-4-11/h8-9,11,13H,2-7,10H2,1H3. The molecule has 1 heterocycles. The summed E-state index contributed by atoms with van der Waals surface area (Å²) < 4.78 is 8.60. The van der Waals surface area contributed by atoms with Gasteiger partial charge in [0.1, 0.15) is 0 Å². The van der Waals surface area contributed by atoms with Crippen molar-refractivity contribution < 1.29 is 4.74 Å². The number of nitrogens with zero attached hydrogens (tertiary/aromatic N) is 2. The van der Waals surface area contributed by atoms with E-state index >= 15 is 0 Å². The Hall–Kier alpha value is -1.07. The third kappa shape index (κ3) is 3.44. The van der Waals surface area contributed by atoms with Gasteiger partial charge in [0.25, 0.3) is 0 Å².